The fourth-order valence-electron chi connectivity index (χ4n) is 3.63. The van der Waals surface area contributed by atoms with Crippen LogP contribution in [0.3, 0.4) is 0 Å². The molecule has 0 atom stereocenters. The zero-order valence-electron chi connectivity index (χ0n) is 13.9. The third kappa shape index (κ3) is 4.33. The van der Waals surface area contributed by atoms with Crippen LogP contribution in [0.1, 0.15) is 50.3 Å². The number of thiophene rings is 1. The molecular weight excluding hydrogens is 286 g/mol. The highest BCUT2D eigenvalue weighted by Crippen LogP contribution is 2.27. The number of piperidine rings is 1. The molecule has 2 heterocycles. The summed E-state index contributed by atoms with van der Waals surface area (Å²) in [5.41, 5.74) is 0. The van der Waals surface area contributed by atoms with Crippen molar-refractivity contribution >= 4 is 21.4 Å². The molecular formula is C20H29NS. The lowest BCUT2D eigenvalue weighted by Gasteiger charge is -2.31. The second kappa shape index (κ2) is 8.12. The van der Waals surface area contributed by atoms with Crippen molar-refractivity contribution in [3.05, 3.63) is 35.2 Å². The monoisotopic (exact) mass is 315 g/mol. The first kappa shape index (κ1) is 16.0. The highest BCUT2D eigenvalue weighted by atomic mass is 32.1. The minimum absolute atomic E-state index is 1.01. The van der Waals surface area contributed by atoms with Crippen molar-refractivity contribution in [1.29, 1.82) is 0 Å². The Bertz CT molecular complexity index is 533. The van der Waals surface area contributed by atoms with Crippen molar-refractivity contribution in [2.75, 3.05) is 19.6 Å². The van der Waals surface area contributed by atoms with E-state index < -0.39 is 0 Å². The molecule has 22 heavy (non-hydrogen) atoms. The van der Waals surface area contributed by atoms with Crippen molar-refractivity contribution in [2.24, 2.45) is 5.92 Å². The highest BCUT2D eigenvalue weighted by molar-refractivity contribution is 7.19. The Kier molecular flexibility index (Phi) is 5.91. The van der Waals surface area contributed by atoms with Gasteiger partial charge in [0, 0.05) is 9.58 Å². The Hall–Kier alpha value is -0.860. The maximum absolute atomic E-state index is 2.69. The largest absolute Gasteiger partial charge is 0.303 e. The first-order valence-electron chi connectivity index (χ1n) is 9.05. The number of hydrogen-bond acceptors (Lipinski definition) is 2. The van der Waals surface area contributed by atoms with E-state index in [2.05, 4.69) is 42.2 Å². The molecule has 0 spiro atoms. The lowest BCUT2D eigenvalue weighted by atomic mass is 9.91. The Morgan fingerprint density at radius 1 is 1.14 bits per heavy atom. The van der Waals surface area contributed by atoms with E-state index in [1.165, 1.54) is 74.7 Å². The third-order valence-electron chi connectivity index (χ3n) is 5.05. The number of nitrogens with zero attached hydrogens (tertiary/aromatic N) is 1. The zero-order chi connectivity index (χ0) is 15.2. The Balaban J connectivity index is 1.38. The van der Waals surface area contributed by atoms with Crippen molar-refractivity contribution in [3.8, 4) is 0 Å². The summed E-state index contributed by atoms with van der Waals surface area (Å²) in [4.78, 5) is 4.24. The van der Waals surface area contributed by atoms with E-state index in [4.69, 9.17) is 0 Å². The van der Waals surface area contributed by atoms with Crippen molar-refractivity contribution < 1.29 is 0 Å². The van der Waals surface area contributed by atoms with Crippen LogP contribution >= 0.6 is 11.3 Å². The molecule has 2 heteroatoms. The predicted molar refractivity (Wildman–Crippen MR) is 98.8 cm³/mol. The summed E-state index contributed by atoms with van der Waals surface area (Å²) < 4.78 is 1.44. The molecule has 1 aliphatic heterocycles. The van der Waals surface area contributed by atoms with Gasteiger partial charge in [0.05, 0.1) is 0 Å². The van der Waals surface area contributed by atoms with Gasteiger partial charge in [0.15, 0.2) is 0 Å². The molecule has 0 unspecified atom stereocenters. The molecule has 1 aromatic carbocycles. The van der Waals surface area contributed by atoms with Crippen LogP contribution in [0.5, 0.6) is 0 Å². The second-order valence-corrected chi connectivity index (χ2v) is 7.95. The smallest absolute Gasteiger partial charge is 0.0345 e. The molecule has 0 saturated carbocycles. The van der Waals surface area contributed by atoms with Gasteiger partial charge in [-0.1, -0.05) is 44.4 Å². The van der Waals surface area contributed by atoms with Gasteiger partial charge in [-0.3, -0.25) is 0 Å². The Labute approximate surface area is 139 Å². The fourth-order valence-corrected chi connectivity index (χ4v) is 4.73. The number of likely N-dealkylation sites (tertiary alicyclic amines) is 1. The van der Waals surface area contributed by atoms with E-state index in [0.29, 0.717) is 0 Å². The van der Waals surface area contributed by atoms with Crippen LogP contribution in [0.15, 0.2) is 30.3 Å². The second-order valence-electron chi connectivity index (χ2n) is 6.78. The molecule has 0 radical (unpaired) electrons. The number of aryl methyl sites for hydroxylation is 1. The highest BCUT2D eigenvalue weighted by Gasteiger charge is 2.18. The Morgan fingerprint density at radius 2 is 1.95 bits per heavy atom. The molecule has 0 aliphatic carbocycles. The van der Waals surface area contributed by atoms with Crippen molar-refractivity contribution in [2.45, 2.75) is 51.9 Å². The van der Waals surface area contributed by atoms with Gasteiger partial charge < -0.3 is 4.90 Å². The Morgan fingerprint density at radius 3 is 2.73 bits per heavy atom. The molecule has 0 amide bonds. The topological polar surface area (TPSA) is 3.24 Å². The molecule has 1 aliphatic rings. The van der Waals surface area contributed by atoms with E-state index >= 15 is 0 Å². The molecule has 1 nitrogen and oxygen atoms in total. The third-order valence-corrected chi connectivity index (χ3v) is 6.22. The number of hydrogen-bond donors (Lipinski definition) is 0. The summed E-state index contributed by atoms with van der Waals surface area (Å²) in [5.74, 6) is 1.01. The van der Waals surface area contributed by atoms with Crippen LogP contribution in [-0.4, -0.2) is 24.5 Å². The summed E-state index contributed by atoms with van der Waals surface area (Å²) in [6.45, 7) is 6.26. The summed E-state index contributed by atoms with van der Waals surface area (Å²) in [6, 6.07) is 11.1. The summed E-state index contributed by atoms with van der Waals surface area (Å²) >= 11 is 1.97. The maximum atomic E-state index is 2.69. The van der Waals surface area contributed by atoms with Crippen molar-refractivity contribution in [3.63, 3.8) is 0 Å². The maximum Gasteiger partial charge on any atom is 0.0345 e. The number of rotatable bonds is 7. The van der Waals surface area contributed by atoms with E-state index in [0.717, 1.165) is 5.92 Å². The van der Waals surface area contributed by atoms with E-state index in [9.17, 15) is 0 Å². The average molecular weight is 316 g/mol. The number of unbranched alkanes of at least 4 members (excludes halogenated alkanes) is 1. The van der Waals surface area contributed by atoms with Crippen molar-refractivity contribution in [1.82, 2.24) is 4.90 Å². The SMILES string of the molecule is CCCCC1CCN(CCCc2cc3ccccc3s2)CC1. The molecule has 1 aromatic heterocycles. The zero-order valence-corrected chi connectivity index (χ0v) is 14.7. The molecule has 3 rings (SSSR count). The van der Waals surface area contributed by atoms with Gasteiger partial charge >= 0.3 is 0 Å². The predicted octanol–water partition coefficient (Wildman–Crippen LogP) is 5.74. The lowest BCUT2D eigenvalue weighted by Crippen LogP contribution is -2.34. The van der Waals surface area contributed by atoms with Gasteiger partial charge in [0.2, 0.25) is 0 Å². The van der Waals surface area contributed by atoms with E-state index in [-0.39, 0.29) is 0 Å². The van der Waals surface area contributed by atoms with E-state index in [1.807, 2.05) is 11.3 Å². The van der Waals surface area contributed by atoms with Gasteiger partial charge in [-0.15, -0.1) is 11.3 Å². The summed E-state index contributed by atoms with van der Waals surface area (Å²) in [7, 11) is 0. The fraction of sp³-hybridized carbons (Fsp3) is 0.600. The normalized spacial score (nSPS) is 17.3. The number of fused-ring (bicyclic) bond motifs is 1. The molecule has 120 valence electrons. The molecule has 0 N–H and O–H groups in total. The van der Waals surface area contributed by atoms with Gasteiger partial charge in [-0.2, -0.15) is 0 Å². The summed E-state index contributed by atoms with van der Waals surface area (Å²) in [6.07, 6.45) is 9.67. The minimum Gasteiger partial charge on any atom is -0.303 e. The van der Waals surface area contributed by atoms with Crippen LogP contribution in [0, 0.1) is 5.92 Å². The first-order valence-corrected chi connectivity index (χ1v) is 9.86. The first-order chi connectivity index (χ1) is 10.8. The van der Waals surface area contributed by atoms with Gasteiger partial charge in [-0.25, -0.2) is 0 Å². The van der Waals surface area contributed by atoms with Crippen LogP contribution in [0.25, 0.3) is 10.1 Å². The number of benzene rings is 1. The molecule has 1 fully saturated rings. The molecule has 1 saturated heterocycles. The standard InChI is InChI=1S/C20H29NS/c1-2-3-7-17-11-14-21(15-12-17)13-6-9-19-16-18-8-4-5-10-20(18)22-19/h4-5,8,10,16-17H,2-3,6-7,9,11-15H2,1H3. The van der Waals surface area contributed by atoms with Crippen LogP contribution in [0.2, 0.25) is 0 Å². The van der Waals surface area contributed by atoms with Crippen LogP contribution < -0.4 is 0 Å². The van der Waals surface area contributed by atoms with Gasteiger partial charge in [0.1, 0.15) is 0 Å². The van der Waals surface area contributed by atoms with Crippen LogP contribution in [0.4, 0.5) is 0 Å². The lowest BCUT2D eigenvalue weighted by molar-refractivity contribution is 0.176. The quantitative estimate of drug-likeness (QED) is 0.630. The molecule has 0 bridgehead atoms. The minimum atomic E-state index is 1.01. The van der Waals surface area contributed by atoms with Gasteiger partial charge in [-0.05, 0) is 68.8 Å². The van der Waals surface area contributed by atoms with Gasteiger partial charge in [0.25, 0.3) is 0 Å². The summed E-state index contributed by atoms with van der Waals surface area (Å²) in [5, 5.41) is 1.42. The van der Waals surface area contributed by atoms with Crippen LogP contribution in [-0.2, 0) is 6.42 Å². The van der Waals surface area contributed by atoms with E-state index in [1.54, 1.807) is 4.88 Å². The average Bonchev–Trinajstić information content (AvgIpc) is 2.97. The molecule has 2 aromatic rings.